The van der Waals surface area contributed by atoms with Crippen LogP contribution in [-0.4, -0.2) is 45.5 Å². The maximum Gasteiger partial charge on any atom is 0.242 e. The quantitative estimate of drug-likeness (QED) is 0.447. The summed E-state index contributed by atoms with van der Waals surface area (Å²) in [4.78, 5) is 23.1. The van der Waals surface area contributed by atoms with Gasteiger partial charge in [-0.1, -0.05) is 6.92 Å². The van der Waals surface area contributed by atoms with Crippen LogP contribution in [0.5, 0.6) is 5.75 Å². The summed E-state index contributed by atoms with van der Waals surface area (Å²) in [5.41, 5.74) is 3.92. The van der Waals surface area contributed by atoms with E-state index in [4.69, 9.17) is 4.74 Å². The molecule has 0 aliphatic heterocycles. The fraction of sp³-hybridized carbons (Fsp3) is 0.360. The van der Waals surface area contributed by atoms with Gasteiger partial charge in [0.2, 0.25) is 5.91 Å². The highest BCUT2D eigenvalue weighted by atomic mass is 16.5. The third kappa shape index (κ3) is 3.90. The molecular formula is C25H28N4O2. The smallest absolute Gasteiger partial charge is 0.242 e. The highest BCUT2D eigenvalue weighted by Gasteiger charge is 2.26. The second-order valence-electron chi connectivity index (χ2n) is 8.46. The van der Waals surface area contributed by atoms with Gasteiger partial charge in [-0.2, -0.15) is 0 Å². The van der Waals surface area contributed by atoms with Gasteiger partial charge in [0.25, 0.3) is 0 Å². The van der Waals surface area contributed by atoms with Crippen LogP contribution in [0.1, 0.15) is 26.2 Å². The van der Waals surface area contributed by atoms with E-state index >= 15 is 0 Å². The van der Waals surface area contributed by atoms with Crippen molar-refractivity contribution >= 4 is 27.8 Å². The second kappa shape index (κ2) is 8.10. The normalized spacial score (nSPS) is 13.7. The number of H-pyrrole nitrogens is 1. The average Bonchev–Trinajstić information content (AvgIpc) is 3.39. The minimum absolute atomic E-state index is 0.186. The van der Waals surface area contributed by atoms with Crippen LogP contribution in [0.3, 0.4) is 0 Å². The Morgan fingerprint density at radius 3 is 2.90 bits per heavy atom. The number of hydrogen-bond acceptors (Lipinski definition) is 3. The number of benzene rings is 1. The van der Waals surface area contributed by atoms with E-state index in [-0.39, 0.29) is 5.91 Å². The lowest BCUT2D eigenvalue weighted by atomic mass is 10.1. The monoisotopic (exact) mass is 416 g/mol. The van der Waals surface area contributed by atoms with E-state index in [1.165, 1.54) is 12.8 Å². The Hall–Kier alpha value is -3.28. The summed E-state index contributed by atoms with van der Waals surface area (Å²) in [6.07, 6.45) is 7.34. The van der Waals surface area contributed by atoms with Gasteiger partial charge in [0.15, 0.2) is 0 Å². The summed E-state index contributed by atoms with van der Waals surface area (Å²) in [7, 11) is 1.68. The van der Waals surface area contributed by atoms with E-state index in [9.17, 15) is 4.79 Å². The Morgan fingerprint density at radius 2 is 2.16 bits per heavy atom. The first-order valence-corrected chi connectivity index (χ1v) is 11.0. The van der Waals surface area contributed by atoms with E-state index in [1.807, 2.05) is 35.2 Å². The first-order chi connectivity index (χ1) is 15.2. The van der Waals surface area contributed by atoms with Gasteiger partial charge in [0.1, 0.15) is 17.9 Å². The van der Waals surface area contributed by atoms with E-state index in [0.29, 0.717) is 12.5 Å². The van der Waals surface area contributed by atoms with Gasteiger partial charge in [0.05, 0.1) is 7.11 Å². The van der Waals surface area contributed by atoms with Crippen LogP contribution in [-0.2, 0) is 11.3 Å². The molecule has 1 fully saturated rings. The van der Waals surface area contributed by atoms with Crippen molar-refractivity contribution in [2.24, 2.45) is 5.92 Å². The molecule has 0 radical (unpaired) electrons. The number of rotatable bonds is 8. The van der Waals surface area contributed by atoms with Crippen molar-refractivity contribution in [3.63, 3.8) is 0 Å². The Kier molecular flexibility index (Phi) is 5.14. The first kappa shape index (κ1) is 19.7. The van der Waals surface area contributed by atoms with Gasteiger partial charge >= 0.3 is 0 Å². The topological polar surface area (TPSA) is 63.2 Å². The Labute approximate surface area is 181 Å². The summed E-state index contributed by atoms with van der Waals surface area (Å²) in [6.45, 7) is 4.18. The fourth-order valence-electron chi connectivity index (χ4n) is 4.30. The number of carbonyl (C=O) groups excluding carboxylic acids is 1. The van der Waals surface area contributed by atoms with Gasteiger partial charge in [-0.3, -0.25) is 4.79 Å². The molecule has 3 aromatic heterocycles. The lowest BCUT2D eigenvalue weighted by Crippen LogP contribution is -2.36. The molecular weight excluding hydrogens is 388 g/mol. The molecule has 160 valence electrons. The van der Waals surface area contributed by atoms with Crippen molar-refractivity contribution in [1.82, 2.24) is 19.4 Å². The summed E-state index contributed by atoms with van der Waals surface area (Å²) >= 11 is 0. The van der Waals surface area contributed by atoms with E-state index in [2.05, 4.69) is 33.7 Å². The van der Waals surface area contributed by atoms with Crippen molar-refractivity contribution in [2.45, 2.75) is 32.7 Å². The number of pyridine rings is 1. The molecule has 1 saturated carbocycles. The number of ether oxygens (including phenoxy) is 1. The molecule has 1 N–H and O–H groups in total. The zero-order chi connectivity index (χ0) is 21.4. The molecule has 3 heterocycles. The van der Waals surface area contributed by atoms with Crippen LogP contribution in [0.4, 0.5) is 0 Å². The van der Waals surface area contributed by atoms with Crippen LogP contribution >= 0.6 is 0 Å². The number of fused-ring (bicyclic) bond motifs is 2. The van der Waals surface area contributed by atoms with Crippen LogP contribution < -0.4 is 4.74 Å². The molecule has 1 amide bonds. The number of aromatic nitrogens is 3. The molecule has 6 nitrogen and oxygen atoms in total. The summed E-state index contributed by atoms with van der Waals surface area (Å²) < 4.78 is 7.55. The molecule has 1 aliphatic carbocycles. The van der Waals surface area contributed by atoms with Crippen molar-refractivity contribution in [1.29, 1.82) is 0 Å². The molecule has 1 aromatic carbocycles. The van der Waals surface area contributed by atoms with E-state index in [1.54, 1.807) is 13.3 Å². The standard InChI is InChI=1S/C25H28N4O2/c1-3-11-28(14-17-6-7-17)24(30)16-29-15-21(20-13-19(31-2)8-9-23(20)29)22-12-18-5-4-10-26-25(18)27-22/h4-5,8-10,12-13,15,17H,3,6-7,11,14,16H2,1-2H3,(H,26,27). The van der Waals surface area contributed by atoms with Gasteiger partial charge in [-0.15, -0.1) is 0 Å². The van der Waals surface area contributed by atoms with E-state index in [0.717, 1.165) is 58.5 Å². The maximum atomic E-state index is 13.2. The number of methoxy groups -OCH3 is 1. The van der Waals surface area contributed by atoms with Gasteiger partial charge in [-0.05, 0) is 61.6 Å². The Bertz CT molecular complexity index is 1200. The third-order valence-corrected chi connectivity index (χ3v) is 6.10. The average molecular weight is 417 g/mol. The molecule has 5 rings (SSSR count). The molecule has 0 saturated heterocycles. The van der Waals surface area contributed by atoms with Crippen LogP contribution in [0, 0.1) is 5.92 Å². The summed E-state index contributed by atoms with van der Waals surface area (Å²) in [5, 5.41) is 2.12. The molecule has 0 unspecified atom stereocenters. The van der Waals surface area contributed by atoms with Gasteiger partial charge in [0, 0.05) is 53.0 Å². The number of nitrogens with zero attached hydrogens (tertiary/aromatic N) is 3. The summed E-state index contributed by atoms with van der Waals surface area (Å²) in [5.74, 6) is 1.68. The van der Waals surface area contributed by atoms with Crippen molar-refractivity contribution in [3.05, 3.63) is 48.8 Å². The summed E-state index contributed by atoms with van der Waals surface area (Å²) in [6, 6.07) is 12.1. The zero-order valence-corrected chi connectivity index (χ0v) is 18.1. The first-order valence-electron chi connectivity index (χ1n) is 11.0. The molecule has 6 heteroatoms. The molecule has 4 aromatic rings. The molecule has 1 aliphatic rings. The number of carbonyl (C=O) groups is 1. The van der Waals surface area contributed by atoms with Crippen LogP contribution in [0.25, 0.3) is 33.2 Å². The predicted octanol–water partition coefficient (Wildman–Crippen LogP) is 4.84. The number of hydrogen-bond donors (Lipinski definition) is 1. The zero-order valence-electron chi connectivity index (χ0n) is 18.1. The fourth-order valence-corrected chi connectivity index (χ4v) is 4.30. The van der Waals surface area contributed by atoms with Crippen LogP contribution in [0.15, 0.2) is 48.8 Å². The van der Waals surface area contributed by atoms with Crippen molar-refractivity contribution in [3.8, 4) is 17.0 Å². The predicted molar refractivity (Wildman–Crippen MR) is 123 cm³/mol. The lowest BCUT2D eigenvalue weighted by Gasteiger charge is -2.22. The minimum atomic E-state index is 0.186. The highest BCUT2D eigenvalue weighted by Crippen LogP contribution is 2.34. The SMILES string of the molecule is CCCN(CC1CC1)C(=O)Cn1cc(-c2cc3cccnc3[nH]2)c2cc(OC)ccc21. The molecule has 31 heavy (non-hydrogen) atoms. The van der Waals surface area contributed by atoms with E-state index < -0.39 is 0 Å². The Balaban J connectivity index is 1.54. The maximum absolute atomic E-state index is 13.2. The van der Waals surface area contributed by atoms with Crippen molar-refractivity contribution in [2.75, 3.05) is 20.2 Å². The van der Waals surface area contributed by atoms with Gasteiger partial charge < -0.3 is 19.2 Å². The lowest BCUT2D eigenvalue weighted by molar-refractivity contribution is -0.132. The number of amides is 1. The van der Waals surface area contributed by atoms with Crippen molar-refractivity contribution < 1.29 is 9.53 Å². The number of aromatic amines is 1. The Morgan fingerprint density at radius 1 is 1.29 bits per heavy atom. The van der Waals surface area contributed by atoms with Gasteiger partial charge in [-0.25, -0.2) is 4.98 Å². The molecule has 0 atom stereocenters. The molecule has 0 spiro atoms. The highest BCUT2D eigenvalue weighted by molar-refractivity contribution is 5.99. The minimum Gasteiger partial charge on any atom is -0.497 e. The van der Waals surface area contributed by atoms with Crippen LogP contribution in [0.2, 0.25) is 0 Å². The second-order valence-corrected chi connectivity index (χ2v) is 8.46. The molecule has 0 bridgehead atoms. The third-order valence-electron chi connectivity index (χ3n) is 6.10. The largest absolute Gasteiger partial charge is 0.497 e. The number of nitrogens with one attached hydrogen (secondary N) is 1.